The number of carbonyl (C=O) groups excluding carboxylic acids is 2. The van der Waals surface area contributed by atoms with Crippen molar-refractivity contribution in [2.75, 3.05) is 13.7 Å². The first-order valence-corrected chi connectivity index (χ1v) is 10.5. The predicted molar refractivity (Wildman–Crippen MR) is 117 cm³/mol. The van der Waals surface area contributed by atoms with Crippen LogP contribution >= 0.6 is 0 Å². The average Bonchev–Trinajstić information content (AvgIpc) is 2.78. The molecule has 0 aromatic heterocycles. The minimum absolute atomic E-state index is 0.00529. The third-order valence-electron chi connectivity index (χ3n) is 5.06. The lowest BCUT2D eigenvalue weighted by molar-refractivity contribution is -0.143. The fourth-order valence-electron chi connectivity index (χ4n) is 3.11. The van der Waals surface area contributed by atoms with Crippen LogP contribution in [0.4, 0.5) is 4.39 Å². The molecule has 0 saturated carbocycles. The number of nitrogens with zero attached hydrogens (tertiary/aromatic N) is 1. The van der Waals surface area contributed by atoms with Crippen LogP contribution in [0.15, 0.2) is 48.5 Å². The molecule has 31 heavy (non-hydrogen) atoms. The Morgan fingerprint density at radius 1 is 1.10 bits per heavy atom. The van der Waals surface area contributed by atoms with Crippen molar-refractivity contribution in [2.45, 2.75) is 52.2 Å². The lowest BCUT2D eigenvalue weighted by Gasteiger charge is -2.31. The van der Waals surface area contributed by atoms with Gasteiger partial charge in [-0.2, -0.15) is 0 Å². The van der Waals surface area contributed by atoms with Gasteiger partial charge in [0, 0.05) is 12.6 Å². The van der Waals surface area contributed by atoms with Gasteiger partial charge in [0.05, 0.1) is 7.11 Å². The SMILES string of the molecule is CC[C@@H](C)NC(=O)[C@@H](CC)N(Cc1cccc(OC)c1)C(=O)COc1ccccc1F. The number of nitrogens with one attached hydrogen (secondary N) is 1. The van der Waals surface area contributed by atoms with E-state index in [9.17, 15) is 14.0 Å². The Balaban J connectivity index is 2.25. The molecule has 0 heterocycles. The molecule has 0 aliphatic heterocycles. The summed E-state index contributed by atoms with van der Waals surface area (Å²) >= 11 is 0. The van der Waals surface area contributed by atoms with E-state index in [4.69, 9.17) is 9.47 Å². The van der Waals surface area contributed by atoms with Gasteiger partial charge in [0.1, 0.15) is 11.8 Å². The Morgan fingerprint density at radius 3 is 2.48 bits per heavy atom. The third kappa shape index (κ3) is 6.98. The Morgan fingerprint density at radius 2 is 1.84 bits per heavy atom. The van der Waals surface area contributed by atoms with E-state index in [-0.39, 0.29) is 30.9 Å². The van der Waals surface area contributed by atoms with E-state index < -0.39 is 17.8 Å². The number of para-hydroxylation sites is 1. The molecule has 0 aliphatic carbocycles. The van der Waals surface area contributed by atoms with Crippen molar-refractivity contribution in [2.24, 2.45) is 0 Å². The number of hydrogen-bond acceptors (Lipinski definition) is 4. The summed E-state index contributed by atoms with van der Waals surface area (Å²) in [5.74, 6) is -0.522. The minimum Gasteiger partial charge on any atom is -0.497 e. The van der Waals surface area contributed by atoms with E-state index >= 15 is 0 Å². The van der Waals surface area contributed by atoms with E-state index in [2.05, 4.69) is 5.32 Å². The topological polar surface area (TPSA) is 67.9 Å². The molecule has 6 nitrogen and oxygen atoms in total. The van der Waals surface area contributed by atoms with Gasteiger partial charge in [-0.1, -0.05) is 38.1 Å². The number of benzene rings is 2. The number of methoxy groups -OCH3 is 1. The van der Waals surface area contributed by atoms with Crippen LogP contribution in [0.1, 0.15) is 39.2 Å². The summed E-state index contributed by atoms with van der Waals surface area (Å²) in [7, 11) is 1.57. The zero-order valence-electron chi connectivity index (χ0n) is 18.6. The normalized spacial score (nSPS) is 12.5. The zero-order valence-corrected chi connectivity index (χ0v) is 18.6. The summed E-state index contributed by atoms with van der Waals surface area (Å²) < 4.78 is 24.6. The number of halogens is 1. The number of rotatable bonds is 11. The highest BCUT2D eigenvalue weighted by Crippen LogP contribution is 2.19. The van der Waals surface area contributed by atoms with Crippen LogP contribution in [0.25, 0.3) is 0 Å². The van der Waals surface area contributed by atoms with E-state index in [0.29, 0.717) is 12.2 Å². The van der Waals surface area contributed by atoms with Crippen molar-refractivity contribution < 1.29 is 23.5 Å². The molecule has 2 rings (SSSR count). The quantitative estimate of drug-likeness (QED) is 0.586. The smallest absolute Gasteiger partial charge is 0.261 e. The number of carbonyl (C=O) groups is 2. The third-order valence-corrected chi connectivity index (χ3v) is 5.06. The molecule has 0 radical (unpaired) electrons. The molecular weight excluding hydrogens is 399 g/mol. The fraction of sp³-hybridized carbons (Fsp3) is 0.417. The van der Waals surface area contributed by atoms with Gasteiger partial charge in [-0.25, -0.2) is 4.39 Å². The summed E-state index contributed by atoms with van der Waals surface area (Å²) in [6.07, 6.45) is 1.21. The summed E-state index contributed by atoms with van der Waals surface area (Å²) in [6, 6.07) is 12.5. The Bertz CT molecular complexity index is 874. The second kappa shape index (κ2) is 11.9. The molecule has 0 spiro atoms. The molecule has 0 fully saturated rings. The maximum absolute atomic E-state index is 13.9. The Kier molecular flexibility index (Phi) is 9.31. The monoisotopic (exact) mass is 430 g/mol. The summed E-state index contributed by atoms with van der Waals surface area (Å²) in [5.41, 5.74) is 0.813. The number of ether oxygens (including phenoxy) is 2. The van der Waals surface area contributed by atoms with Gasteiger partial charge in [-0.05, 0) is 49.6 Å². The molecule has 2 atom stereocenters. The molecule has 2 aromatic carbocycles. The molecule has 0 unspecified atom stereocenters. The first-order chi connectivity index (χ1) is 14.9. The highest BCUT2D eigenvalue weighted by atomic mass is 19.1. The molecule has 0 aliphatic rings. The first kappa shape index (κ1) is 24.2. The van der Waals surface area contributed by atoms with Crippen LogP contribution in [-0.2, 0) is 16.1 Å². The van der Waals surface area contributed by atoms with Crippen LogP contribution in [0.2, 0.25) is 0 Å². The lowest BCUT2D eigenvalue weighted by Crippen LogP contribution is -2.51. The van der Waals surface area contributed by atoms with Gasteiger partial charge in [0.2, 0.25) is 5.91 Å². The van der Waals surface area contributed by atoms with Crippen LogP contribution in [0.5, 0.6) is 11.5 Å². The van der Waals surface area contributed by atoms with Gasteiger partial charge in [0.25, 0.3) is 5.91 Å². The molecule has 2 aromatic rings. The molecule has 168 valence electrons. The van der Waals surface area contributed by atoms with Crippen molar-refractivity contribution in [3.8, 4) is 11.5 Å². The predicted octanol–water partition coefficient (Wildman–Crippen LogP) is 3.94. The summed E-state index contributed by atoms with van der Waals surface area (Å²) in [5, 5.41) is 2.95. The molecule has 0 saturated heterocycles. The average molecular weight is 431 g/mol. The van der Waals surface area contributed by atoms with Crippen molar-refractivity contribution in [3.63, 3.8) is 0 Å². The van der Waals surface area contributed by atoms with Crippen LogP contribution in [0.3, 0.4) is 0 Å². The number of amides is 2. The summed E-state index contributed by atoms with van der Waals surface area (Å²) in [4.78, 5) is 27.5. The maximum atomic E-state index is 13.9. The second-order valence-corrected chi connectivity index (χ2v) is 7.33. The van der Waals surface area contributed by atoms with E-state index in [1.807, 2.05) is 45.0 Å². The summed E-state index contributed by atoms with van der Waals surface area (Å²) in [6.45, 7) is 5.57. The van der Waals surface area contributed by atoms with Gasteiger partial charge >= 0.3 is 0 Å². The largest absolute Gasteiger partial charge is 0.497 e. The fourth-order valence-corrected chi connectivity index (χ4v) is 3.11. The van der Waals surface area contributed by atoms with Crippen molar-refractivity contribution >= 4 is 11.8 Å². The molecule has 7 heteroatoms. The molecule has 2 amide bonds. The Labute approximate surface area is 183 Å². The first-order valence-electron chi connectivity index (χ1n) is 10.5. The number of hydrogen-bond donors (Lipinski definition) is 1. The second-order valence-electron chi connectivity index (χ2n) is 7.33. The van der Waals surface area contributed by atoms with Crippen molar-refractivity contribution in [1.29, 1.82) is 0 Å². The Hall–Kier alpha value is -3.09. The maximum Gasteiger partial charge on any atom is 0.261 e. The molecule has 0 bridgehead atoms. The van der Waals surface area contributed by atoms with Gasteiger partial charge in [-0.3, -0.25) is 9.59 Å². The van der Waals surface area contributed by atoms with Gasteiger partial charge in [0.15, 0.2) is 18.2 Å². The minimum atomic E-state index is -0.683. The van der Waals surface area contributed by atoms with E-state index in [0.717, 1.165) is 12.0 Å². The standard InChI is InChI=1S/C24H31FN2O4/c1-5-17(3)26-24(29)21(6-2)27(15-18-10-9-11-19(14-18)30-4)23(28)16-31-22-13-8-7-12-20(22)25/h7-14,17,21H,5-6,15-16H2,1-4H3,(H,26,29)/t17-,21-/m1/s1. The highest BCUT2D eigenvalue weighted by Gasteiger charge is 2.29. The van der Waals surface area contributed by atoms with Crippen molar-refractivity contribution in [3.05, 3.63) is 59.9 Å². The van der Waals surface area contributed by atoms with E-state index in [1.54, 1.807) is 19.2 Å². The zero-order chi connectivity index (χ0) is 22.8. The lowest BCUT2D eigenvalue weighted by atomic mass is 10.1. The van der Waals surface area contributed by atoms with Crippen LogP contribution in [0, 0.1) is 5.82 Å². The van der Waals surface area contributed by atoms with Gasteiger partial charge in [-0.15, -0.1) is 0 Å². The highest BCUT2D eigenvalue weighted by molar-refractivity contribution is 5.88. The molecule has 1 N–H and O–H groups in total. The van der Waals surface area contributed by atoms with Gasteiger partial charge < -0.3 is 19.7 Å². The van der Waals surface area contributed by atoms with Crippen LogP contribution < -0.4 is 14.8 Å². The molecular formula is C24H31FN2O4. The van der Waals surface area contributed by atoms with Crippen LogP contribution in [-0.4, -0.2) is 42.5 Å². The van der Waals surface area contributed by atoms with Crippen molar-refractivity contribution in [1.82, 2.24) is 10.2 Å². The van der Waals surface area contributed by atoms with E-state index in [1.165, 1.54) is 17.0 Å².